The summed E-state index contributed by atoms with van der Waals surface area (Å²) in [6, 6.07) is 1.79. The van der Waals surface area contributed by atoms with Gasteiger partial charge in [0.05, 0.1) is 10.0 Å². The zero-order chi connectivity index (χ0) is 11.4. The first kappa shape index (κ1) is 12.2. The SMILES string of the molecule is C=CCc1cc(Cl)c(Cl)c(CC=C)c1N. The van der Waals surface area contributed by atoms with Crippen LogP contribution in [0.1, 0.15) is 11.1 Å². The van der Waals surface area contributed by atoms with Crippen molar-refractivity contribution in [1.29, 1.82) is 0 Å². The average Bonchev–Trinajstić information content (AvgIpc) is 2.21. The molecule has 0 aliphatic carbocycles. The van der Waals surface area contributed by atoms with Gasteiger partial charge in [-0.2, -0.15) is 0 Å². The minimum absolute atomic E-state index is 0.516. The van der Waals surface area contributed by atoms with Gasteiger partial charge in [-0.1, -0.05) is 35.4 Å². The monoisotopic (exact) mass is 241 g/mol. The van der Waals surface area contributed by atoms with Crippen LogP contribution in [0.3, 0.4) is 0 Å². The first-order valence-electron chi connectivity index (χ1n) is 4.58. The third kappa shape index (κ3) is 2.55. The quantitative estimate of drug-likeness (QED) is 0.626. The minimum atomic E-state index is 0.516. The summed E-state index contributed by atoms with van der Waals surface area (Å²) in [5, 5.41) is 1.04. The van der Waals surface area contributed by atoms with Crippen molar-refractivity contribution in [3.8, 4) is 0 Å². The van der Waals surface area contributed by atoms with E-state index in [1.807, 2.05) is 0 Å². The Kier molecular flexibility index (Phi) is 4.25. The molecule has 1 aromatic rings. The van der Waals surface area contributed by atoms with Crippen LogP contribution in [0, 0.1) is 0 Å². The van der Waals surface area contributed by atoms with Gasteiger partial charge in [0.15, 0.2) is 0 Å². The number of anilines is 1. The Balaban J connectivity index is 3.33. The summed E-state index contributed by atoms with van der Waals surface area (Å²) in [6.45, 7) is 7.34. The Labute approximate surface area is 100 Å². The molecule has 0 heterocycles. The van der Waals surface area contributed by atoms with E-state index in [0.717, 1.165) is 11.1 Å². The molecule has 0 amide bonds. The molecule has 0 radical (unpaired) electrons. The van der Waals surface area contributed by atoms with Crippen LogP contribution in [0.25, 0.3) is 0 Å². The van der Waals surface area contributed by atoms with Crippen molar-refractivity contribution in [2.45, 2.75) is 12.8 Å². The zero-order valence-electron chi connectivity index (χ0n) is 8.39. The Morgan fingerprint density at radius 3 is 2.33 bits per heavy atom. The maximum Gasteiger partial charge on any atom is 0.0648 e. The van der Waals surface area contributed by atoms with E-state index in [4.69, 9.17) is 28.9 Å². The molecule has 1 aromatic carbocycles. The second-order valence-corrected chi connectivity index (χ2v) is 3.99. The molecule has 3 heteroatoms. The second kappa shape index (κ2) is 5.24. The highest BCUT2D eigenvalue weighted by Gasteiger charge is 2.11. The van der Waals surface area contributed by atoms with E-state index in [9.17, 15) is 0 Å². The van der Waals surface area contributed by atoms with Crippen molar-refractivity contribution in [1.82, 2.24) is 0 Å². The van der Waals surface area contributed by atoms with Crippen LogP contribution in [0.2, 0.25) is 10.0 Å². The summed E-state index contributed by atoms with van der Waals surface area (Å²) in [7, 11) is 0. The van der Waals surface area contributed by atoms with Gasteiger partial charge in [-0.3, -0.25) is 0 Å². The summed E-state index contributed by atoms with van der Waals surface area (Å²) in [5.41, 5.74) is 8.47. The first-order valence-corrected chi connectivity index (χ1v) is 5.34. The zero-order valence-corrected chi connectivity index (χ0v) is 9.91. The number of nitrogen functional groups attached to an aromatic ring is 1. The van der Waals surface area contributed by atoms with Crippen molar-refractivity contribution in [2.75, 3.05) is 5.73 Å². The van der Waals surface area contributed by atoms with Gasteiger partial charge in [0, 0.05) is 5.69 Å². The van der Waals surface area contributed by atoms with Gasteiger partial charge in [-0.25, -0.2) is 0 Å². The predicted octanol–water partition coefficient (Wildman–Crippen LogP) is 4.03. The molecule has 0 saturated heterocycles. The molecule has 2 N–H and O–H groups in total. The maximum atomic E-state index is 6.06. The highest BCUT2D eigenvalue weighted by Crippen LogP contribution is 2.34. The van der Waals surface area contributed by atoms with E-state index in [1.54, 1.807) is 18.2 Å². The average molecular weight is 242 g/mol. The first-order chi connectivity index (χ1) is 7.11. The molecular formula is C12H13Cl2N. The molecule has 1 rings (SSSR count). The van der Waals surface area contributed by atoms with Crippen LogP contribution in [-0.2, 0) is 12.8 Å². The number of allylic oxidation sites excluding steroid dienone is 2. The summed E-state index contributed by atoms with van der Waals surface area (Å²) in [6.07, 6.45) is 4.85. The minimum Gasteiger partial charge on any atom is -0.398 e. The van der Waals surface area contributed by atoms with E-state index in [2.05, 4.69) is 13.2 Å². The summed E-state index contributed by atoms with van der Waals surface area (Å²) < 4.78 is 0. The molecule has 1 nitrogen and oxygen atoms in total. The largest absolute Gasteiger partial charge is 0.398 e. The van der Waals surface area contributed by atoms with Crippen LogP contribution in [0.4, 0.5) is 5.69 Å². The van der Waals surface area contributed by atoms with Gasteiger partial charge in [0.1, 0.15) is 0 Å². The maximum absolute atomic E-state index is 6.06. The highest BCUT2D eigenvalue weighted by molar-refractivity contribution is 6.42. The lowest BCUT2D eigenvalue weighted by Crippen LogP contribution is -2.00. The molecule has 0 fully saturated rings. The number of rotatable bonds is 4. The van der Waals surface area contributed by atoms with Crippen molar-refractivity contribution < 1.29 is 0 Å². The van der Waals surface area contributed by atoms with Crippen molar-refractivity contribution in [3.63, 3.8) is 0 Å². The van der Waals surface area contributed by atoms with Gasteiger partial charge < -0.3 is 5.73 Å². The fraction of sp³-hybridized carbons (Fsp3) is 0.167. The van der Waals surface area contributed by atoms with Gasteiger partial charge >= 0.3 is 0 Å². The van der Waals surface area contributed by atoms with E-state index >= 15 is 0 Å². The van der Waals surface area contributed by atoms with Gasteiger partial charge in [-0.15, -0.1) is 13.2 Å². The predicted molar refractivity (Wildman–Crippen MR) is 68.7 cm³/mol. The molecule has 0 aromatic heterocycles. The van der Waals surface area contributed by atoms with Gasteiger partial charge in [-0.05, 0) is 30.0 Å². The highest BCUT2D eigenvalue weighted by atomic mass is 35.5. The van der Waals surface area contributed by atoms with Crippen molar-refractivity contribution >= 4 is 28.9 Å². The second-order valence-electron chi connectivity index (χ2n) is 3.21. The van der Waals surface area contributed by atoms with Crippen molar-refractivity contribution in [2.24, 2.45) is 0 Å². The van der Waals surface area contributed by atoms with E-state index in [0.29, 0.717) is 28.6 Å². The Morgan fingerprint density at radius 2 is 1.80 bits per heavy atom. The molecule has 0 spiro atoms. The topological polar surface area (TPSA) is 26.0 Å². The molecular weight excluding hydrogens is 229 g/mol. The van der Waals surface area contributed by atoms with Crippen LogP contribution in [-0.4, -0.2) is 0 Å². The Bertz CT molecular complexity index is 397. The molecule has 0 aliphatic rings. The van der Waals surface area contributed by atoms with Gasteiger partial charge in [0.25, 0.3) is 0 Å². The van der Waals surface area contributed by atoms with Crippen LogP contribution in [0.15, 0.2) is 31.4 Å². The van der Waals surface area contributed by atoms with Crippen LogP contribution >= 0.6 is 23.2 Å². The smallest absolute Gasteiger partial charge is 0.0648 e. The summed E-state index contributed by atoms with van der Waals surface area (Å²) in [4.78, 5) is 0. The van der Waals surface area contributed by atoms with Crippen molar-refractivity contribution in [3.05, 3.63) is 52.5 Å². The molecule has 15 heavy (non-hydrogen) atoms. The lowest BCUT2D eigenvalue weighted by atomic mass is 10.0. The lowest BCUT2D eigenvalue weighted by molar-refractivity contribution is 1.21. The number of benzene rings is 1. The molecule has 80 valence electrons. The molecule has 0 saturated carbocycles. The number of hydrogen-bond donors (Lipinski definition) is 1. The molecule has 0 aliphatic heterocycles. The fourth-order valence-corrected chi connectivity index (χ4v) is 1.90. The third-order valence-electron chi connectivity index (χ3n) is 2.16. The number of hydrogen-bond acceptors (Lipinski definition) is 1. The number of nitrogens with two attached hydrogens (primary N) is 1. The number of halogens is 2. The van der Waals surface area contributed by atoms with E-state index in [1.165, 1.54) is 0 Å². The van der Waals surface area contributed by atoms with E-state index < -0.39 is 0 Å². The summed E-state index contributed by atoms with van der Waals surface area (Å²) >= 11 is 12.1. The third-order valence-corrected chi connectivity index (χ3v) is 2.99. The van der Waals surface area contributed by atoms with Gasteiger partial charge in [0.2, 0.25) is 0 Å². The molecule has 0 bridgehead atoms. The molecule has 0 unspecified atom stereocenters. The van der Waals surface area contributed by atoms with E-state index in [-0.39, 0.29) is 0 Å². The fourth-order valence-electron chi connectivity index (χ4n) is 1.42. The van der Waals surface area contributed by atoms with Crippen LogP contribution in [0.5, 0.6) is 0 Å². The standard InChI is InChI=1S/C12H13Cl2N/c1-3-5-8-7-10(13)11(14)9(6-4-2)12(8)15/h3-4,7H,1-2,5-6,15H2. The molecule has 0 atom stereocenters. The normalized spacial score (nSPS) is 10.0. The lowest BCUT2D eigenvalue weighted by Gasteiger charge is -2.12. The Morgan fingerprint density at radius 1 is 1.20 bits per heavy atom. The Hall–Kier alpha value is -0.920. The summed E-state index contributed by atoms with van der Waals surface area (Å²) in [5.74, 6) is 0. The van der Waals surface area contributed by atoms with Crippen LogP contribution < -0.4 is 5.73 Å².